The number of benzene rings is 2. The molecule has 104 valence electrons. The maximum absolute atomic E-state index is 13.9. The molecule has 0 bridgehead atoms. The summed E-state index contributed by atoms with van der Waals surface area (Å²) in [6, 6.07) is 13.1. The third-order valence-electron chi connectivity index (χ3n) is 4.23. The van der Waals surface area contributed by atoms with Crippen LogP contribution in [0.2, 0.25) is 0 Å². The van der Waals surface area contributed by atoms with Crippen LogP contribution in [-0.4, -0.2) is 11.7 Å². The molecule has 0 heterocycles. The molecule has 0 radical (unpaired) electrons. The zero-order valence-corrected chi connectivity index (χ0v) is 11.5. The van der Waals surface area contributed by atoms with Gasteiger partial charge in [-0.25, -0.2) is 4.39 Å². The molecule has 2 aromatic rings. The molecule has 1 aliphatic rings. The van der Waals surface area contributed by atoms with Crippen molar-refractivity contribution in [3.05, 3.63) is 65.0 Å². The van der Waals surface area contributed by atoms with Crippen molar-refractivity contribution in [1.82, 2.24) is 0 Å². The highest BCUT2D eigenvalue weighted by molar-refractivity contribution is 5.56. The number of hydrogen-bond donors (Lipinski definition) is 2. The van der Waals surface area contributed by atoms with E-state index in [1.165, 1.54) is 6.07 Å². The van der Waals surface area contributed by atoms with Crippen molar-refractivity contribution in [2.75, 3.05) is 11.9 Å². The van der Waals surface area contributed by atoms with Gasteiger partial charge in [-0.15, -0.1) is 0 Å². The number of halogens is 1. The summed E-state index contributed by atoms with van der Waals surface area (Å²) >= 11 is 0. The summed E-state index contributed by atoms with van der Waals surface area (Å²) in [5, 5.41) is 13.4. The van der Waals surface area contributed by atoms with Crippen molar-refractivity contribution in [2.24, 2.45) is 0 Å². The normalized spacial score (nSPS) is 20.8. The van der Waals surface area contributed by atoms with Crippen LogP contribution in [0.5, 0.6) is 0 Å². The van der Waals surface area contributed by atoms with E-state index >= 15 is 0 Å². The molecule has 2 aromatic carbocycles. The molecule has 0 fully saturated rings. The zero-order valence-electron chi connectivity index (χ0n) is 11.5. The van der Waals surface area contributed by atoms with Gasteiger partial charge < -0.3 is 10.4 Å². The number of para-hydroxylation sites is 1. The minimum Gasteiger partial charge on any atom is -0.394 e. The molecule has 2 N–H and O–H groups in total. The Kier molecular flexibility index (Phi) is 3.22. The van der Waals surface area contributed by atoms with Gasteiger partial charge in [0.25, 0.3) is 0 Å². The van der Waals surface area contributed by atoms with Crippen LogP contribution in [0.15, 0.2) is 42.5 Å². The summed E-state index contributed by atoms with van der Waals surface area (Å²) in [4.78, 5) is 0. The van der Waals surface area contributed by atoms with Gasteiger partial charge in [-0.05, 0) is 48.6 Å². The monoisotopic (exact) mass is 271 g/mol. The fourth-order valence-corrected chi connectivity index (χ4v) is 3.04. The van der Waals surface area contributed by atoms with Crippen LogP contribution in [-0.2, 0) is 12.0 Å². The van der Waals surface area contributed by atoms with Gasteiger partial charge in [-0.1, -0.05) is 30.3 Å². The topological polar surface area (TPSA) is 32.3 Å². The van der Waals surface area contributed by atoms with Gasteiger partial charge in [0.15, 0.2) is 0 Å². The van der Waals surface area contributed by atoms with Crippen molar-refractivity contribution in [1.29, 1.82) is 0 Å². The van der Waals surface area contributed by atoms with Gasteiger partial charge in [0, 0.05) is 5.69 Å². The first-order chi connectivity index (χ1) is 9.66. The number of aliphatic hydroxyl groups excluding tert-OH is 1. The smallest absolute Gasteiger partial charge is 0.126 e. The number of aliphatic hydroxyl groups is 1. The maximum Gasteiger partial charge on any atom is 0.126 e. The van der Waals surface area contributed by atoms with E-state index in [2.05, 4.69) is 5.32 Å². The van der Waals surface area contributed by atoms with Gasteiger partial charge in [0.05, 0.1) is 12.1 Å². The van der Waals surface area contributed by atoms with E-state index in [9.17, 15) is 9.50 Å². The van der Waals surface area contributed by atoms with E-state index in [0.29, 0.717) is 12.8 Å². The Morgan fingerprint density at radius 1 is 1.20 bits per heavy atom. The minimum absolute atomic E-state index is 0.0439. The van der Waals surface area contributed by atoms with Crippen LogP contribution in [0, 0.1) is 12.7 Å². The van der Waals surface area contributed by atoms with E-state index in [4.69, 9.17) is 0 Å². The molecule has 0 saturated heterocycles. The molecule has 0 saturated carbocycles. The molecule has 2 nitrogen and oxygen atoms in total. The van der Waals surface area contributed by atoms with Gasteiger partial charge in [0.2, 0.25) is 0 Å². The quantitative estimate of drug-likeness (QED) is 0.897. The predicted octanol–water partition coefficient (Wildman–Crippen LogP) is 3.38. The molecular formula is C17H18FNO. The van der Waals surface area contributed by atoms with Crippen molar-refractivity contribution in [2.45, 2.75) is 25.3 Å². The fraction of sp³-hybridized carbons (Fsp3) is 0.294. The molecule has 0 amide bonds. The Morgan fingerprint density at radius 2 is 2.00 bits per heavy atom. The summed E-state index contributed by atoms with van der Waals surface area (Å²) < 4.78 is 13.9. The average Bonchev–Trinajstić information content (AvgIpc) is 2.83. The summed E-state index contributed by atoms with van der Waals surface area (Å²) in [6.07, 6.45) is 1.36. The first-order valence-corrected chi connectivity index (χ1v) is 6.89. The molecule has 3 heteroatoms. The summed E-state index contributed by atoms with van der Waals surface area (Å²) in [5.41, 5.74) is 3.12. The molecule has 1 atom stereocenters. The highest BCUT2D eigenvalue weighted by atomic mass is 19.1. The number of rotatable bonds is 3. The van der Waals surface area contributed by atoms with Gasteiger partial charge >= 0.3 is 0 Å². The lowest BCUT2D eigenvalue weighted by Crippen LogP contribution is -2.37. The number of fused-ring (bicyclic) bond motifs is 1. The van der Waals surface area contributed by atoms with Crippen LogP contribution < -0.4 is 5.32 Å². The third-order valence-corrected chi connectivity index (χ3v) is 4.23. The van der Waals surface area contributed by atoms with Crippen molar-refractivity contribution in [3.63, 3.8) is 0 Å². The lowest BCUT2D eigenvalue weighted by atomic mass is 9.91. The SMILES string of the molecule is Cc1ccccc1NC1(CO)CCc2c(F)cccc21. The van der Waals surface area contributed by atoms with E-state index in [1.807, 2.05) is 37.3 Å². The van der Waals surface area contributed by atoms with Crippen molar-refractivity contribution >= 4 is 5.69 Å². The molecule has 20 heavy (non-hydrogen) atoms. The molecule has 0 spiro atoms. The standard InChI is InChI=1S/C17H18FNO/c1-12-5-2-3-8-16(12)19-17(11-20)10-9-13-14(17)6-4-7-15(13)18/h2-8,19-20H,9-11H2,1H3. The molecule has 3 rings (SSSR count). The Balaban J connectivity index is 2.04. The molecular weight excluding hydrogens is 253 g/mol. The second-order valence-electron chi connectivity index (χ2n) is 5.45. The van der Waals surface area contributed by atoms with Crippen LogP contribution in [0.1, 0.15) is 23.1 Å². The van der Waals surface area contributed by atoms with Crippen molar-refractivity contribution < 1.29 is 9.50 Å². The van der Waals surface area contributed by atoms with Crippen molar-refractivity contribution in [3.8, 4) is 0 Å². The van der Waals surface area contributed by atoms with E-state index in [1.54, 1.807) is 6.07 Å². The lowest BCUT2D eigenvalue weighted by molar-refractivity contribution is 0.211. The number of anilines is 1. The number of hydrogen-bond acceptors (Lipinski definition) is 2. The molecule has 0 aliphatic heterocycles. The van der Waals surface area contributed by atoms with Crippen LogP contribution in [0.3, 0.4) is 0 Å². The van der Waals surface area contributed by atoms with Crippen LogP contribution in [0.25, 0.3) is 0 Å². The van der Waals surface area contributed by atoms with Gasteiger partial charge in [0.1, 0.15) is 5.82 Å². The van der Waals surface area contributed by atoms with E-state index in [0.717, 1.165) is 22.4 Å². The molecule has 1 aliphatic carbocycles. The summed E-state index contributed by atoms with van der Waals surface area (Å²) in [7, 11) is 0. The third kappa shape index (κ3) is 1.98. The second-order valence-corrected chi connectivity index (χ2v) is 5.45. The average molecular weight is 271 g/mol. The largest absolute Gasteiger partial charge is 0.394 e. The Morgan fingerprint density at radius 3 is 2.75 bits per heavy atom. The molecule has 1 unspecified atom stereocenters. The number of aryl methyl sites for hydroxylation is 1. The van der Waals surface area contributed by atoms with E-state index < -0.39 is 5.54 Å². The highest BCUT2D eigenvalue weighted by Gasteiger charge is 2.39. The van der Waals surface area contributed by atoms with Gasteiger partial charge in [-0.2, -0.15) is 0 Å². The first kappa shape index (κ1) is 13.1. The minimum atomic E-state index is -0.580. The Hall–Kier alpha value is -1.87. The maximum atomic E-state index is 13.9. The fourth-order valence-electron chi connectivity index (χ4n) is 3.04. The predicted molar refractivity (Wildman–Crippen MR) is 78.3 cm³/mol. The number of nitrogens with one attached hydrogen (secondary N) is 1. The Labute approximate surface area is 118 Å². The van der Waals surface area contributed by atoms with Gasteiger partial charge in [-0.3, -0.25) is 0 Å². The summed E-state index contributed by atoms with van der Waals surface area (Å²) in [5.74, 6) is -0.176. The summed E-state index contributed by atoms with van der Waals surface area (Å²) in [6.45, 7) is 1.98. The lowest BCUT2D eigenvalue weighted by Gasteiger charge is -2.31. The first-order valence-electron chi connectivity index (χ1n) is 6.89. The van der Waals surface area contributed by atoms with E-state index in [-0.39, 0.29) is 12.4 Å². The molecule has 0 aromatic heterocycles. The Bertz CT molecular complexity index is 641. The second kappa shape index (κ2) is 4.91. The highest BCUT2D eigenvalue weighted by Crippen LogP contribution is 2.40. The van der Waals surface area contributed by atoms with Crippen LogP contribution >= 0.6 is 0 Å². The van der Waals surface area contributed by atoms with Crippen LogP contribution in [0.4, 0.5) is 10.1 Å². The zero-order chi connectivity index (χ0) is 14.2.